The Morgan fingerprint density at radius 2 is 2.08 bits per heavy atom. The van der Waals surface area contributed by atoms with E-state index in [0.29, 0.717) is 10.8 Å². The summed E-state index contributed by atoms with van der Waals surface area (Å²) in [4.78, 5) is 25.5. The van der Waals surface area contributed by atoms with E-state index in [1.165, 1.54) is 18.0 Å². The summed E-state index contributed by atoms with van der Waals surface area (Å²) in [5, 5.41) is 4.55. The highest BCUT2D eigenvalue weighted by Gasteiger charge is 2.16. The fourth-order valence-electron chi connectivity index (χ4n) is 2.24. The van der Waals surface area contributed by atoms with Crippen molar-refractivity contribution in [3.8, 4) is 0 Å². The van der Waals surface area contributed by atoms with Gasteiger partial charge in [0.15, 0.2) is 10.9 Å². The van der Waals surface area contributed by atoms with Gasteiger partial charge in [-0.2, -0.15) is 0 Å². The highest BCUT2D eigenvalue weighted by Crippen LogP contribution is 2.24. The molecule has 24 heavy (non-hydrogen) atoms. The molecule has 0 saturated heterocycles. The summed E-state index contributed by atoms with van der Waals surface area (Å²) in [6.07, 6.45) is 1.45. The van der Waals surface area contributed by atoms with E-state index < -0.39 is 0 Å². The first-order valence-electron chi connectivity index (χ1n) is 7.41. The number of pyridine rings is 1. The van der Waals surface area contributed by atoms with Gasteiger partial charge >= 0.3 is 0 Å². The van der Waals surface area contributed by atoms with Gasteiger partial charge in [0.25, 0.3) is 5.91 Å². The number of rotatable bonds is 4. The van der Waals surface area contributed by atoms with Crippen LogP contribution in [-0.4, -0.2) is 26.6 Å². The third-order valence-electron chi connectivity index (χ3n) is 3.32. The van der Waals surface area contributed by atoms with Gasteiger partial charge in [0.1, 0.15) is 0 Å². The molecule has 2 heterocycles. The number of amides is 1. The Bertz CT molecular complexity index is 916. The van der Waals surface area contributed by atoms with Gasteiger partial charge in [-0.15, -0.1) is 0 Å². The molecule has 0 radical (unpaired) electrons. The van der Waals surface area contributed by atoms with Crippen LogP contribution in [0.15, 0.2) is 41.7 Å². The third kappa shape index (κ3) is 3.49. The largest absolute Gasteiger partial charge is 0.319 e. The Morgan fingerprint density at radius 3 is 2.88 bits per heavy atom. The number of carbonyl (C=O) groups is 1. The molecule has 0 saturated carbocycles. The minimum atomic E-state index is -0.379. The summed E-state index contributed by atoms with van der Waals surface area (Å²) in [5.41, 5.74) is 2.40. The van der Waals surface area contributed by atoms with Crippen LogP contribution in [0.1, 0.15) is 23.1 Å². The van der Waals surface area contributed by atoms with E-state index in [4.69, 9.17) is 11.6 Å². The van der Waals surface area contributed by atoms with E-state index in [1.54, 1.807) is 0 Å². The Balaban J connectivity index is 1.96. The van der Waals surface area contributed by atoms with Gasteiger partial charge in [-0.3, -0.25) is 9.78 Å². The van der Waals surface area contributed by atoms with E-state index in [9.17, 15) is 4.79 Å². The first-order chi connectivity index (χ1) is 11.6. The van der Waals surface area contributed by atoms with Crippen LogP contribution in [0.3, 0.4) is 0 Å². The standard InChI is InChI=1S/C17H15ClN4OS/c1-3-24-17-19-9-12(18)15(22-17)16(23)21-13-6-4-5-11-8-7-10(2)20-14(11)13/h4-9H,3H2,1-2H3,(H,21,23). The number of carbonyl (C=O) groups excluding carboxylic acids is 1. The minimum Gasteiger partial charge on any atom is -0.319 e. The van der Waals surface area contributed by atoms with Gasteiger partial charge in [-0.1, -0.05) is 48.5 Å². The number of para-hydroxylation sites is 1. The molecule has 1 amide bonds. The fraction of sp³-hybridized carbons (Fsp3) is 0.176. The molecule has 3 rings (SSSR count). The van der Waals surface area contributed by atoms with E-state index in [1.807, 2.05) is 44.2 Å². The third-order valence-corrected chi connectivity index (χ3v) is 4.34. The van der Waals surface area contributed by atoms with Gasteiger partial charge in [0.2, 0.25) is 0 Å². The van der Waals surface area contributed by atoms with Gasteiger partial charge in [-0.05, 0) is 24.8 Å². The maximum absolute atomic E-state index is 12.6. The van der Waals surface area contributed by atoms with Gasteiger partial charge < -0.3 is 5.32 Å². The van der Waals surface area contributed by atoms with E-state index in [2.05, 4.69) is 20.3 Å². The average Bonchev–Trinajstić information content (AvgIpc) is 2.57. The SMILES string of the molecule is CCSc1ncc(Cl)c(C(=O)Nc2cccc3ccc(C)nc23)n1. The van der Waals surface area contributed by atoms with Crippen molar-refractivity contribution < 1.29 is 4.79 Å². The van der Waals surface area contributed by atoms with Gasteiger partial charge in [0.05, 0.1) is 22.4 Å². The number of thioether (sulfide) groups is 1. The monoisotopic (exact) mass is 358 g/mol. The molecule has 2 aromatic heterocycles. The molecule has 5 nitrogen and oxygen atoms in total. The van der Waals surface area contributed by atoms with Crippen molar-refractivity contribution in [3.05, 3.63) is 52.9 Å². The normalized spacial score (nSPS) is 10.8. The first-order valence-corrected chi connectivity index (χ1v) is 8.78. The molecule has 7 heteroatoms. The second kappa shape index (κ2) is 7.15. The number of aryl methyl sites for hydroxylation is 1. The van der Waals surface area contributed by atoms with Gasteiger partial charge in [-0.25, -0.2) is 9.97 Å². The van der Waals surface area contributed by atoms with Crippen LogP contribution in [0, 0.1) is 6.92 Å². The van der Waals surface area contributed by atoms with Crippen LogP contribution < -0.4 is 5.32 Å². The Morgan fingerprint density at radius 1 is 1.25 bits per heavy atom. The smallest absolute Gasteiger partial charge is 0.276 e. The lowest BCUT2D eigenvalue weighted by Crippen LogP contribution is -2.15. The van der Waals surface area contributed by atoms with Crippen molar-refractivity contribution in [1.82, 2.24) is 15.0 Å². The summed E-state index contributed by atoms with van der Waals surface area (Å²) in [6, 6.07) is 9.54. The molecule has 0 spiro atoms. The summed E-state index contributed by atoms with van der Waals surface area (Å²) in [6.45, 7) is 3.90. The lowest BCUT2D eigenvalue weighted by Gasteiger charge is -2.09. The van der Waals surface area contributed by atoms with Crippen LogP contribution in [0.2, 0.25) is 5.02 Å². The number of aromatic nitrogens is 3. The summed E-state index contributed by atoms with van der Waals surface area (Å²) < 4.78 is 0. The molecule has 0 bridgehead atoms. The number of nitrogens with zero attached hydrogens (tertiary/aromatic N) is 3. The highest BCUT2D eigenvalue weighted by atomic mass is 35.5. The number of anilines is 1. The molecule has 0 aliphatic carbocycles. The highest BCUT2D eigenvalue weighted by molar-refractivity contribution is 7.99. The number of fused-ring (bicyclic) bond motifs is 1. The van der Waals surface area contributed by atoms with Crippen LogP contribution in [-0.2, 0) is 0 Å². The van der Waals surface area contributed by atoms with E-state index in [0.717, 1.165) is 22.3 Å². The van der Waals surface area contributed by atoms with E-state index >= 15 is 0 Å². The molecule has 0 atom stereocenters. The molecular formula is C17H15ClN4OS. The Hall–Kier alpha value is -2.18. The summed E-state index contributed by atoms with van der Waals surface area (Å²) in [5.74, 6) is 0.436. The number of hydrogen-bond donors (Lipinski definition) is 1. The lowest BCUT2D eigenvalue weighted by atomic mass is 10.1. The Kier molecular flexibility index (Phi) is 4.97. The zero-order chi connectivity index (χ0) is 17.1. The quantitative estimate of drug-likeness (QED) is 0.554. The topological polar surface area (TPSA) is 67.8 Å². The van der Waals surface area contributed by atoms with Crippen LogP contribution >= 0.6 is 23.4 Å². The van der Waals surface area contributed by atoms with E-state index in [-0.39, 0.29) is 16.6 Å². The predicted octanol–water partition coefficient (Wildman–Crippen LogP) is 4.35. The van der Waals surface area contributed by atoms with Crippen LogP contribution in [0.5, 0.6) is 0 Å². The molecule has 0 fully saturated rings. The number of nitrogens with one attached hydrogen (secondary N) is 1. The van der Waals surface area contributed by atoms with Crippen LogP contribution in [0.25, 0.3) is 10.9 Å². The Labute approximate surface area is 148 Å². The second-order valence-corrected chi connectivity index (χ2v) is 6.70. The number of halogens is 1. The van der Waals surface area contributed by atoms with Crippen molar-refractivity contribution in [2.24, 2.45) is 0 Å². The molecule has 122 valence electrons. The zero-order valence-corrected chi connectivity index (χ0v) is 14.8. The second-order valence-electron chi connectivity index (χ2n) is 5.07. The molecule has 0 aliphatic rings. The number of hydrogen-bond acceptors (Lipinski definition) is 5. The van der Waals surface area contributed by atoms with Crippen LogP contribution in [0.4, 0.5) is 5.69 Å². The molecule has 1 N–H and O–H groups in total. The van der Waals surface area contributed by atoms with Crippen molar-refractivity contribution in [2.45, 2.75) is 19.0 Å². The summed E-state index contributed by atoms with van der Waals surface area (Å²) >= 11 is 7.54. The molecule has 0 unspecified atom stereocenters. The average molecular weight is 359 g/mol. The summed E-state index contributed by atoms with van der Waals surface area (Å²) in [7, 11) is 0. The number of benzene rings is 1. The lowest BCUT2D eigenvalue weighted by molar-refractivity contribution is 0.102. The maximum atomic E-state index is 12.6. The fourth-order valence-corrected chi connectivity index (χ4v) is 2.95. The molecule has 3 aromatic rings. The van der Waals surface area contributed by atoms with Crippen molar-refractivity contribution in [3.63, 3.8) is 0 Å². The first kappa shape index (κ1) is 16.7. The maximum Gasteiger partial charge on any atom is 0.276 e. The molecule has 0 aliphatic heterocycles. The van der Waals surface area contributed by atoms with Crippen molar-refractivity contribution in [1.29, 1.82) is 0 Å². The van der Waals surface area contributed by atoms with Crippen molar-refractivity contribution in [2.75, 3.05) is 11.1 Å². The van der Waals surface area contributed by atoms with Gasteiger partial charge in [0, 0.05) is 11.1 Å². The minimum absolute atomic E-state index is 0.160. The molecular weight excluding hydrogens is 344 g/mol. The molecule has 1 aromatic carbocycles. The van der Waals surface area contributed by atoms with Crippen molar-refractivity contribution >= 4 is 45.9 Å². The zero-order valence-electron chi connectivity index (χ0n) is 13.2. The predicted molar refractivity (Wildman–Crippen MR) is 97.9 cm³/mol.